The first-order valence-electron chi connectivity index (χ1n) is 6.71. The molecule has 1 aromatic carbocycles. The Morgan fingerprint density at radius 3 is 2.32 bits per heavy atom. The van der Waals surface area contributed by atoms with E-state index in [9.17, 15) is 21.6 Å². The van der Waals surface area contributed by atoms with Gasteiger partial charge in [0.15, 0.2) is 11.6 Å². The number of nitrogens with zero attached hydrogens (tertiary/aromatic N) is 1. The van der Waals surface area contributed by atoms with Crippen LogP contribution in [0.3, 0.4) is 0 Å². The van der Waals surface area contributed by atoms with E-state index in [4.69, 9.17) is 5.73 Å². The molecule has 1 heterocycles. The zero-order valence-corrected chi connectivity index (χ0v) is 13.1. The summed E-state index contributed by atoms with van der Waals surface area (Å²) >= 11 is 0. The number of fused-ring (bicyclic) bond motifs is 1. The van der Waals surface area contributed by atoms with Crippen LogP contribution in [0.1, 0.15) is 12.8 Å². The molecule has 22 heavy (non-hydrogen) atoms. The zero-order valence-electron chi connectivity index (χ0n) is 11.5. The molecule has 124 valence electrons. The van der Waals surface area contributed by atoms with Crippen LogP contribution >= 0.6 is 12.4 Å². The fourth-order valence-electron chi connectivity index (χ4n) is 3.30. The van der Waals surface area contributed by atoms with Crippen LogP contribution < -0.4 is 5.73 Å². The molecule has 0 amide bonds. The quantitative estimate of drug-likeness (QED) is 0.823. The number of hydrogen-bond acceptors (Lipinski definition) is 3. The molecule has 1 saturated carbocycles. The summed E-state index contributed by atoms with van der Waals surface area (Å²) in [5.41, 5.74) is 5.93. The van der Waals surface area contributed by atoms with Gasteiger partial charge in [-0.05, 0) is 30.7 Å². The van der Waals surface area contributed by atoms with Gasteiger partial charge >= 0.3 is 0 Å². The van der Waals surface area contributed by atoms with E-state index >= 15 is 0 Å². The summed E-state index contributed by atoms with van der Waals surface area (Å²) in [5, 5.41) is 0. The summed E-state index contributed by atoms with van der Waals surface area (Å²) in [6.07, 6.45) is 1.68. The van der Waals surface area contributed by atoms with Gasteiger partial charge in [0.25, 0.3) is 0 Å². The van der Waals surface area contributed by atoms with E-state index in [0.717, 1.165) is 17.1 Å². The summed E-state index contributed by atoms with van der Waals surface area (Å²) in [5.74, 6) is -3.87. The van der Waals surface area contributed by atoms with Gasteiger partial charge in [-0.3, -0.25) is 0 Å². The Morgan fingerprint density at radius 1 is 1.05 bits per heavy atom. The molecule has 0 radical (unpaired) electrons. The van der Waals surface area contributed by atoms with Crippen LogP contribution in [0.4, 0.5) is 13.2 Å². The molecule has 1 aliphatic heterocycles. The molecule has 0 spiro atoms. The highest BCUT2D eigenvalue weighted by Gasteiger charge is 2.45. The van der Waals surface area contributed by atoms with E-state index in [0.29, 0.717) is 6.07 Å². The molecule has 1 aliphatic carbocycles. The first-order valence-corrected chi connectivity index (χ1v) is 8.15. The molecular formula is C13H16ClF3N2O2S. The molecule has 0 aromatic heterocycles. The number of benzene rings is 1. The van der Waals surface area contributed by atoms with Crippen LogP contribution in [0.5, 0.6) is 0 Å². The SMILES string of the molecule is Cl.NC1CCC2CN(S(=O)(=O)c3cc(F)c(F)cc3F)CC12. The van der Waals surface area contributed by atoms with Gasteiger partial charge < -0.3 is 5.73 Å². The third-order valence-corrected chi connectivity index (χ3v) is 6.32. The van der Waals surface area contributed by atoms with Crippen LogP contribution in [-0.4, -0.2) is 31.9 Å². The minimum absolute atomic E-state index is 0. The molecule has 9 heteroatoms. The van der Waals surface area contributed by atoms with Crippen LogP contribution in [0.2, 0.25) is 0 Å². The van der Waals surface area contributed by atoms with Crippen molar-refractivity contribution < 1.29 is 21.6 Å². The molecule has 4 nitrogen and oxygen atoms in total. The first kappa shape index (κ1) is 17.5. The lowest BCUT2D eigenvalue weighted by molar-refractivity contribution is 0.421. The second kappa shape index (κ2) is 5.99. The van der Waals surface area contributed by atoms with Crippen molar-refractivity contribution >= 4 is 22.4 Å². The summed E-state index contributed by atoms with van der Waals surface area (Å²) in [6.45, 7) is 0.450. The second-order valence-corrected chi connectivity index (χ2v) is 7.59. The highest BCUT2D eigenvalue weighted by atomic mass is 35.5. The highest BCUT2D eigenvalue weighted by Crippen LogP contribution is 2.39. The molecule has 3 unspecified atom stereocenters. The lowest BCUT2D eigenvalue weighted by atomic mass is 9.98. The van der Waals surface area contributed by atoms with Crippen molar-refractivity contribution in [3.8, 4) is 0 Å². The number of halogens is 4. The largest absolute Gasteiger partial charge is 0.327 e. The molecule has 0 bridgehead atoms. The Balaban J connectivity index is 0.00000176. The maximum atomic E-state index is 13.7. The van der Waals surface area contributed by atoms with Gasteiger partial charge in [-0.1, -0.05) is 0 Å². The maximum absolute atomic E-state index is 13.7. The Hall–Kier alpha value is -0.830. The van der Waals surface area contributed by atoms with Gasteiger partial charge in [-0.15, -0.1) is 12.4 Å². The van der Waals surface area contributed by atoms with Gasteiger partial charge in [0.1, 0.15) is 10.7 Å². The molecule has 3 atom stereocenters. The van der Waals surface area contributed by atoms with E-state index in [2.05, 4.69) is 0 Å². The lowest BCUT2D eigenvalue weighted by Gasteiger charge is -2.19. The lowest BCUT2D eigenvalue weighted by Crippen LogP contribution is -2.34. The van der Waals surface area contributed by atoms with Crippen molar-refractivity contribution in [1.82, 2.24) is 4.31 Å². The Morgan fingerprint density at radius 2 is 1.68 bits per heavy atom. The monoisotopic (exact) mass is 356 g/mol. The van der Waals surface area contributed by atoms with E-state index in [1.165, 1.54) is 0 Å². The van der Waals surface area contributed by atoms with Crippen LogP contribution in [0.25, 0.3) is 0 Å². The van der Waals surface area contributed by atoms with Gasteiger partial charge in [-0.2, -0.15) is 4.31 Å². The van der Waals surface area contributed by atoms with Gasteiger partial charge in [0.05, 0.1) is 0 Å². The smallest absolute Gasteiger partial charge is 0.246 e. The summed E-state index contributed by atoms with van der Waals surface area (Å²) in [7, 11) is -4.18. The molecule has 3 rings (SSSR count). The van der Waals surface area contributed by atoms with Crippen molar-refractivity contribution in [2.24, 2.45) is 17.6 Å². The average Bonchev–Trinajstić information content (AvgIpc) is 2.97. The topological polar surface area (TPSA) is 63.4 Å². The number of sulfonamides is 1. The number of nitrogens with two attached hydrogens (primary N) is 1. The predicted octanol–water partition coefficient (Wildman–Crippen LogP) is 1.88. The van der Waals surface area contributed by atoms with Crippen LogP contribution in [0, 0.1) is 29.3 Å². The van der Waals surface area contributed by atoms with Gasteiger partial charge in [0.2, 0.25) is 10.0 Å². The molecule has 1 aromatic rings. The maximum Gasteiger partial charge on any atom is 0.246 e. The van der Waals surface area contributed by atoms with E-state index in [1.807, 2.05) is 0 Å². The fourth-order valence-corrected chi connectivity index (χ4v) is 4.90. The zero-order chi connectivity index (χ0) is 15.4. The summed E-state index contributed by atoms with van der Waals surface area (Å²) < 4.78 is 65.8. The molecule has 2 aliphatic rings. The van der Waals surface area contributed by atoms with Crippen LogP contribution in [-0.2, 0) is 10.0 Å². The number of hydrogen-bond donors (Lipinski definition) is 1. The van der Waals surface area contributed by atoms with E-state index in [-0.39, 0.29) is 49.4 Å². The van der Waals surface area contributed by atoms with Crippen LogP contribution in [0.15, 0.2) is 17.0 Å². The molecule has 2 fully saturated rings. The number of rotatable bonds is 2. The highest BCUT2D eigenvalue weighted by molar-refractivity contribution is 7.89. The van der Waals surface area contributed by atoms with Crippen molar-refractivity contribution in [1.29, 1.82) is 0 Å². The Labute approximate surface area is 132 Å². The van der Waals surface area contributed by atoms with E-state index in [1.54, 1.807) is 0 Å². The van der Waals surface area contributed by atoms with Crippen molar-refractivity contribution in [2.75, 3.05) is 13.1 Å². The second-order valence-electron chi connectivity index (χ2n) is 5.68. The third-order valence-electron chi connectivity index (χ3n) is 4.47. The van der Waals surface area contributed by atoms with E-state index < -0.39 is 32.4 Å². The van der Waals surface area contributed by atoms with Crippen molar-refractivity contribution in [3.63, 3.8) is 0 Å². The van der Waals surface area contributed by atoms with Gasteiger partial charge in [0, 0.05) is 25.2 Å². The minimum Gasteiger partial charge on any atom is -0.327 e. The molecular weight excluding hydrogens is 341 g/mol. The van der Waals surface area contributed by atoms with Crippen molar-refractivity contribution in [2.45, 2.75) is 23.8 Å². The predicted molar refractivity (Wildman–Crippen MR) is 76.5 cm³/mol. The first-order chi connectivity index (χ1) is 9.80. The average molecular weight is 357 g/mol. The third kappa shape index (κ3) is 2.73. The normalized spacial score (nSPS) is 28.5. The van der Waals surface area contributed by atoms with Gasteiger partial charge in [-0.25, -0.2) is 21.6 Å². The summed E-state index contributed by atoms with van der Waals surface area (Å²) in [6, 6.07) is 0.587. The molecule has 2 N–H and O–H groups in total. The van der Waals surface area contributed by atoms with Crippen molar-refractivity contribution in [3.05, 3.63) is 29.6 Å². The molecule has 1 saturated heterocycles. The minimum atomic E-state index is -4.18. The summed E-state index contributed by atoms with van der Waals surface area (Å²) in [4.78, 5) is -0.824. The fraction of sp³-hybridized carbons (Fsp3) is 0.538. The Bertz CT molecular complexity index is 686. The standard InChI is InChI=1S/C13H15F3N2O2S.ClH/c14-9-3-11(16)13(4-10(9)15)21(19,20)18-5-7-1-2-12(17)8(7)6-18;/h3-4,7-8,12H,1-2,5-6,17H2;1H. The Kier molecular flexibility index (Phi) is 4.77.